The number of ether oxygens (including phenoxy) is 1. The average Bonchev–Trinajstić information content (AvgIpc) is 2.83. The molecule has 0 radical (unpaired) electrons. The van der Waals surface area contributed by atoms with Crippen molar-refractivity contribution in [2.45, 2.75) is 20.0 Å². The lowest BCUT2D eigenvalue weighted by Crippen LogP contribution is -2.14. The van der Waals surface area contributed by atoms with Crippen molar-refractivity contribution < 1.29 is 9.15 Å². The fraction of sp³-hybridized carbons (Fsp3) is 0.211. The van der Waals surface area contributed by atoms with E-state index in [4.69, 9.17) is 9.15 Å². The van der Waals surface area contributed by atoms with E-state index in [9.17, 15) is 4.79 Å². The van der Waals surface area contributed by atoms with Crippen LogP contribution in [-0.2, 0) is 4.74 Å². The first-order chi connectivity index (χ1) is 10.6. The molecule has 1 heterocycles. The summed E-state index contributed by atoms with van der Waals surface area (Å²) in [6, 6.07) is 11.8. The van der Waals surface area contributed by atoms with Crippen LogP contribution in [0.25, 0.3) is 22.3 Å². The number of hydrogen-bond acceptors (Lipinski definition) is 3. The molecule has 22 heavy (non-hydrogen) atoms. The monoisotopic (exact) mass is 292 g/mol. The SMILES string of the molecule is COC1c2ccccc2-c2oc3c(C)cc(C)cc3c(=O)c21. The standard InChI is InChI=1S/C19H16O3/c1-10-8-11(2)17-14(9-10)16(20)15-18(21-3)12-6-4-5-7-13(12)19(15)22-17/h4-9,18H,1-3H3. The minimum atomic E-state index is -0.354. The third-order valence-electron chi connectivity index (χ3n) is 4.34. The highest BCUT2D eigenvalue weighted by Crippen LogP contribution is 2.44. The van der Waals surface area contributed by atoms with Crippen LogP contribution in [0.5, 0.6) is 0 Å². The molecule has 110 valence electrons. The first-order valence-electron chi connectivity index (χ1n) is 7.32. The van der Waals surface area contributed by atoms with Crippen molar-refractivity contribution in [2.24, 2.45) is 0 Å². The number of methoxy groups -OCH3 is 1. The molecule has 1 aliphatic rings. The quantitative estimate of drug-likeness (QED) is 0.677. The smallest absolute Gasteiger partial charge is 0.199 e. The third-order valence-corrected chi connectivity index (χ3v) is 4.34. The molecule has 1 aliphatic carbocycles. The highest BCUT2D eigenvalue weighted by atomic mass is 16.5. The van der Waals surface area contributed by atoms with Crippen LogP contribution in [0.3, 0.4) is 0 Å². The zero-order chi connectivity index (χ0) is 15.4. The summed E-state index contributed by atoms with van der Waals surface area (Å²) in [7, 11) is 1.63. The van der Waals surface area contributed by atoms with Crippen molar-refractivity contribution in [3.8, 4) is 11.3 Å². The first kappa shape index (κ1) is 13.3. The van der Waals surface area contributed by atoms with E-state index in [1.165, 1.54) is 0 Å². The Morgan fingerprint density at radius 1 is 1.14 bits per heavy atom. The van der Waals surface area contributed by atoms with Gasteiger partial charge >= 0.3 is 0 Å². The second-order valence-electron chi connectivity index (χ2n) is 5.84. The van der Waals surface area contributed by atoms with E-state index in [1.54, 1.807) is 7.11 Å². The molecule has 2 aromatic carbocycles. The van der Waals surface area contributed by atoms with E-state index in [2.05, 4.69) is 0 Å². The fourth-order valence-electron chi connectivity index (χ4n) is 3.43. The number of fused-ring (bicyclic) bond motifs is 4. The van der Waals surface area contributed by atoms with E-state index < -0.39 is 0 Å². The van der Waals surface area contributed by atoms with Crippen molar-refractivity contribution in [1.29, 1.82) is 0 Å². The zero-order valence-corrected chi connectivity index (χ0v) is 12.8. The molecule has 1 aromatic heterocycles. The van der Waals surface area contributed by atoms with E-state index in [1.807, 2.05) is 50.2 Å². The Morgan fingerprint density at radius 3 is 2.68 bits per heavy atom. The fourth-order valence-corrected chi connectivity index (χ4v) is 3.43. The summed E-state index contributed by atoms with van der Waals surface area (Å²) in [6.07, 6.45) is -0.354. The molecule has 1 atom stereocenters. The second-order valence-corrected chi connectivity index (χ2v) is 5.84. The summed E-state index contributed by atoms with van der Waals surface area (Å²) in [6.45, 7) is 3.96. The van der Waals surface area contributed by atoms with Crippen molar-refractivity contribution in [1.82, 2.24) is 0 Å². The molecule has 0 saturated heterocycles. The van der Waals surface area contributed by atoms with Gasteiger partial charge in [0.15, 0.2) is 5.43 Å². The van der Waals surface area contributed by atoms with Crippen LogP contribution in [-0.4, -0.2) is 7.11 Å². The van der Waals surface area contributed by atoms with Gasteiger partial charge < -0.3 is 9.15 Å². The summed E-state index contributed by atoms with van der Waals surface area (Å²) >= 11 is 0. The van der Waals surface area contributed by atoms with Crippen LogP contribution in [0.15, 0.2) is 45.6 Å². The minimum absolute atomic E-state index is 0.00565. The number of aryl methyl sites for hydroxylation is 2. The molecule has 0 saturated carbocycles. The summed E-state index contributed by atoms with van der Waals surface area (Å²) in [5.41, 5.74) is 5.26. The van der Waals surface area contributed by atoms with Gasteiger partial charge in [-0.1, -0.05) is 30.3 Å². The topological polar surface area (TPSA) is 39.4 Å². The molecule has 3 heteroatoms. The van der Waals surface area contributed by atoms with Gasteiger partial charge in [-0.15, -0.1) is 0 Å². The van der Waals surface area contributed by atoms with Gasteiger partial charge in [0.2, 0.25) is 0 Å². The highest BCUT2D eigenvalue weighted by molar-refractivity contribution is 5.86. The summed E-state index contributed by atoms with van der Waals surface area (Å²) in [5.74, 6) is 0.645. The van der Waals surface area contributed by atoms with Gasteiger partial charge in [0.1, 0.15) is 17.4 Å². The molecule has 0 amide bonds. The molecule has 0 spiro atoms. The molecule has 0 fully saturated rings. The minimum Gasteiger partial charge on any atom is -0.455 e. The molecule has 3 aromatic rings. The van der Waals surface area contributed by atoms with Gasteiger partial charge in [0.05, 0.1) is 10.9 Å². The Bertz CT molecular complexity index is 966. The molecule has 0 N–H and O–H groups in total. The van der Waals surface area contributed by atoms with Gasteiger partial charge in [-0.05, 0) is 36.6 Å². The number of rotatable bonds is 1. The molecular weight excluding hydrogens is 276 g/mol. The van der Waals surface area contributed by atoms with Crippen LogP contribution in [0, 0.1) is 13.8 Å². The maximum Gasteiger partial charge on any atom is 0.199 e. The maximum atomic E-state index is 13.0. The lowest BCUT2D eigenvalue weighted by atomic mass is 10.0. The Labute approximate surface area is 128 Å². The molecule has 0 bridgehead atoms. The third kappa shape index (κ3) is 1.63. The van der Waals surface area contributed by atoms with Gasteiger partial charge in [0, 0.05) is 12.7 Å². The van der Waals surface area contributed by atoms with Crippen LogP contribution in [0.1, 0.15) is 28.4 Å². The van der Waals surface area contributed by atoms with Gasteiger partial charge in [0.25, 0.3) is 0 Å². The Kier molecular flexibility index (Phi) is 2.75. The van der Waals surface area contributed by atoms with E-state index in [-0.39, 0.29) is 11.5 Å². The molecule has 4 rings (SSSR count). The van der Waals surface area contributed by atoms with Gasteiger partial charge in [-0.2, -0.15) is 0 Å². The molecule has 1 unspecified atom stereocenters. The van der Waals surface area contributed by atoms with Crippen molar-refractivity contribution >= 4 is 11.0 Å². The van der Waals surface area contributed by atoms with Crippen LogP contribution < -0.4 is 5.43 Å². The van der Waals surface area contributed by atoms with E-state index in [0.29, 0.717) is 22.3 Å². The average molecular weight is 292 g/mol. The molecule has 0 aliphatic heterocycles. The van der Waals surface area contributed by atoms with Crippen molar-refractivity contribution in [2.75, 3.05) is 7.11 Å². The normalized spacial score (nSPS) is 15.9. The Balaban J connectivity index is 2.18. The summed E-state index contributed by atoms with van der Waals surface area (Å²) in [5, 5.41) is 0.631. The van der Waals surface area contributed by atoms with Gasteiger partial charge in [-0.25, -0.2) is 0 Å². The van der Waals surface area contributed by atoms with Crippen LogP contribution >= 0.6 is 0 Å². The molecular formula is C19H16O3. The van der Waals surface area contributed by atoms with Crippen molar-refractivity contribution in [3.05, 3.63) is 68.9 Å². The maximum absolute atomic E-state index is 13.0. The second kappa shape index (κ2) is 4.55. The first-order valence-corrected chi connectivity index (χ1v) is 7.32. The summed E-state index contributed by atoms with van der Waals surface area (Å²) < 4.78 is 11.7. The lowest BCUT2D eigenvalue weighted by Gasteiger charge is -2.11. The Hall–Kier alpha value is -2.39. The Morgan fingerprint density at radius 2 is 1.91 bits per heavy atom. The van der Waals surface area contributed by atoms with E-state index >= 15 is 0 Å². The largest absolute Gasteiger partial charge is 0.455 e. The number of hydrogen-bond donors (Lipinski definition) is 0. The zero-order valence-electron chi connectivity index (χ0n) is 12.8. The molecule has 3 nitrogen and oxygen atoms in total. The van der Waals surface area contributed by atoms with Gasteiger partial charge in [-0.3, -0.25) is 4.79 Å². The lowest BCUT2D eigenvalue weighted by molar-refractivity contribution is 0.139. The van der Waals surface area contributed by atoms with E-state index in [0.717, 1.165) is 22.3 Å². The predicted octanol–water partition coefficient (Wildman–Crippen LogP) is 4.13. The van der Waals surface area contributed by atoms with Crippen LogP contribution in [0.2, 0.25) is 0 Å². The van der Waals surface area contributed by atoms with Crippen LogP contribution in [0.4, 0.5) is 0 Å². The predicted molar refractivity (Wildman–Crippen MR) is 86.2 cm³/mol. The van der Waals surface area contributed by atoms with Crippen molar-refractivity contribution in [3.63, 3.8) is 0 Å². The highest BCUT2D eigenvalue weighted by Gasteiger charge is 2.34. The summed E-state index contributed by atoms with van der Waals surface area (Å²) in [4.78, 5) is 13.0. The number of benzene rings is 2.